The molecule has 0 spiro atoms. The highest BCUT2D eigenvalue weighted by Crippen LogP contribution is 2.37. The SMILES string of the molecule is Cc1cnc(C2(CN)CCCCC2)cn1. The van der Waals surface area contributed by atoms with Crippen LogP contribution in [0, 0.1) is 6.92 Å². The van der Waals surface area contributed by atoms with Crippen LogP contribution in [0.25, 0.3) is 0 Å². The summed E-state index contributed by atoms with van der Waals surface area (Å²) in [5.74, 6) is 0. The third kappa shape index (κ3) is 2.02. The first-order chi connectivity index (χ1) is 7.27. The van der Waals surface area contributed by atoms with Crippen molar-refractivity contribution in [2.45, 2.75) is 44.4 Å². The number of hydrogen-bond acceptors (Lipinski definition) is 3. The van der Waals surface area contributed by atoms with Gasteiger partial charge in [0, 0.05) is 24.4 Å². The first kappa shape index (κ1) is 10.6. The first-order valence-electron chi connectivity index (χ1n) is 5.76. The van der Waals surface area contributed by atoms with E-state index in [1.807, 2.05) is 19.3 Å². The molecule has 1 fully saturated rings. The van der Waals surface area contributed by atoms with Crippen molar-refractivity contribution in [1.29, 1.82) is 0 Å². The van der Waals surface area contributed by atoms with Gasteiger partial charge < -0.3 is 5.73 Å². The van der Waals surface area contributed by atoms with E-state index in [9.17, 15) is 0 Å². The fraction of sp³-hybridized carbons (Fsp3) is 0.667. The molecule has 2 rings (SSSR count). The van der Waals surface area contributed by atoms with Crippen molar-refractivity contribution < 1.29 is 0 Å². The summed E-state index contributed by atoms with van der Waals surface area (Å²) in [6.45, 7) is 2.66. The number of nitrogens with zero attached hydrogens (tertiary/aromatic N) is 2. The number of aryl methyl sites for hydroxylation is 1. The molecule has 0 unspecified atom stereocenters. The second-order valence-corrected chi connectivity index (χ2v) is 4.59. The predicted octanol–water partition coefficient (Wildman–Crippen LogP) is 1.95. The van der Waals surface area contributed by atoms with E-state index in [4.69, 9.17) is 5.73 Å². The van der Waals surface area contributed by atoms with Crippen molar-refractivity contribution in [1.82, 2.24) is 9.97 Å². The molecule has 15 heavy (non-hydrogen) atoms. The molecule has 82 valence electrons. The zero-order chi connectivity index (χ0) is 10.7. The van der Waals surface area contributed by atoms with Crippen LogP contribution in [0.4, 0.5) is 0 Å². The summed E-state index contributed by atoms with van der Waals surface area (Å²) < 4.78 is 0. The largest absolute Gasteiger partial charge is 0.330 e. The molecule has 1 aliphatic rings. The van der Waals surface area contributed by atoms with Crippen LogP contribution in [0.5, 0.6) is 0 Å². The van der Waals surface area contributed by atoms with Crippen molar-refractivity contribution in [2.24, 2.45) is 5.73 Å². The van der Waals surface area contributed by atoms with Gasteiger partial charge in [0.05, 0.1) is 11.4 Å². The van der Waals surface area contributed by atoms with Crippen LogP contribution in [0.1, 0.15) is 43.5 Å². The van der Waals surface area contributed by atoms with Gasteiger partial charge in [0.2, 0.25) is 0 Å². The third-order valence-corrected chi connectivity index (χ3v) is 3.53. The Labute approximate surface area is 91.1 Å². The van der Waals surface area contributed by atoms with Gasteiger partial charge in [0.15, 0.2) is 0 Å². The Bertz CT molecular complexity index is 312. The minimum absolute atomic E-state index is 0.110. The van der Waals surface area contributed by atoms with Crippen LogP contribution in [0.2, 0.25) is 0 Å². The molecule has 0 radical (unpaired) electrons. The molecule has 1 aliphatic carbocycles. The van der Waals surface area contributed by atoms with Gasteiger partial charge in [-0.3, -0.25) is 9.97 Å². The molecule has 1 saturated carbocycles. The summed E-state index contributed by atoms with van der Waals surface area (Å²) in [7, 11) is 0. The Hall–Kier alpha value is -0.960. The fourth-order valence-electron chi connectivity index (χ4n) is 2.46. The fourth-order valence-corrected chi connectivity index (χ4v) is 2.46. The zero-order valence-corrected chi connectivity index (χ0v) is 9.37. The highest BCUT2D eigenvalue weighted by molar-refractivity contribution is 5.16. The zero-order valence-electron chi connectivity index (χ0n) is 9.37. The van der Waals surface area contributed by atoms with E-state index in [0.717, 1.165) is 11.4 Å². The van der Waals surface area contributed by atoms with Crippen molar-refractivity contribution >= 4 is 0 Å². The van der Waals surface area contributed by atoms with Crippen LogP contribution in [0.3, 0.4) is 0 Å². The molecule has 1 heterocycles. The Morgan fingerprint density at radius 2 is 1.93 bits per heavy atom. The van der Waals surface area contributed by atoms with Crippen LogP contribution < -0.4 is 5.73 Å². The minimum atomic E-state index is 0.110. The molecule has 1 aromatic rings. The van der Waals surface area contributed by atoms with Crippen LogP contribution >= 0.6 is 0 Å². The Morgan fingerprint density at radius 1 is 1.20 bits per heavy atom. The molecule has 3 nitrogen and oxygen atoms in total. The number of aromatic nitrogens is 2. The van der Waals surface area contributed by atoms with E-state index in [1.165, 1.54) is 32.1 Å². The third-order valence-electron chi connectivity index (χ3n) is 3.53. The van der Waals surface area contributed by atoms with Gasteiger partial charge >= 0.3 is 0 Å². The normalized spacial score (nSPS) is 20.1. The predicted molar refractivity (Wildman–Crippen MR) is 60.6 cm³/mol. The summed E-state index contributed by atoms with van der Waals surface area (Å²) in [6.07, 6.45) is 9.97. The number of nitrogens with two attached hydrogens (primary N) is 1. The molecule has 0 aliphatic heterocycles. The van der Waals surface area contributed by atoms with E-state index in [2.05, 4.69) is 9.97 Å². The van der Waals surface area contributed by atoms with E-state index in [0.29, 0.717) is 6.54 Å². The maximum absolute atomic E-state index is 5.94. The van der Waals surface area contributed by atoms with Gasteiger partial charge in [-0.25, -0.2) is 0 Å². The molecule has 0 aromatic carbocycles. The van der Waals surface area contributed by atoms with Gasteiger partial charge in [-0.15, -0.1) is 0 Å². The van der Waals surface area contributed by atoms with E-state index in [-0.39, 0.29) is 5.41 Å². The van der Waals surface area contributed by atoms with Crippen molar-refractivity contribution in [3.8, 4) is 0 Å². The Balaban J connectivity index is 2.28. The highest BCUT2D eigenvalue weighted by Gasteiger charge is 2.33. The average molecular weight is 205 g/mol. The molecule has 0 atom stereocenters. The Kier molecular flexibility index (Phi) is 3.00. The topological polar surface area (TPSA) is 51.8 Å². The molecule has 0 bridgehead atoms. The second-order valence-electron chi connectivity index (χ2n) is 4.59. The van der Waals surface area contributed by atoms with E-state index < -0.39 is 0 Å². The van der Waals surface area contributed by atoms with Gasteiger partial charge in [-0.05, 0) is 19.8 Å². The van der Waals surface area contributed by atoms with Gasteiger partial charge in [0.25, 0.3) is 0 Å². The van der Waals surface area contributed by atoms with E-state index >= 15 is 0 Å². The average Bonchev–Trinajstić information content (AvgIpc) is 2.31. The standard InChI is InChI=1S/C12H19N3/c1-10-7-15-11(8-14-10)12(9-13)5-3-2-4-6-12/h7-8H,2-6,9,13H2,1H3. The first-order valence-corrected chi connectivity index (χ1v) is 5.76. The summed E-state index contributed by atoms with van der Waals surface area (Å²) in [6, 6.07) is 0. The van der Waals surface area contributed by atoms with Crippen molar-refractivity contribution in [2.75, 3.05) is 6.54 Å². The van der Waals surface area contributed by atoms with Crippen molar-refractivity contribution in [3.63, 3.8) is 0 Å². The molecular weight excluding hydrogens is 186 g/mol. The maximum Gasteiger partial charge on any atom is 0.0661 e. The lowest BCUT2D eigenvalue weighted by atomic mass is 9.72. The number of rotatable bonds is 2. The molecule has 1 aromatic heterocycles. The van der Waals surface area contributed by atoms with Gasteiger partial charge in [0.1, 0.15) is 0 Å². The summed E-state index contributed by atoms with van der Waals surface area (Å²) in [5, 5.41) is 0. The summed E-state index contributed by atoms with van der Waals surface area (Å²) in [5.41, 5.74) is 8.12. The molecule has 3 heteroatoms. The summed E-state index contributed by atoms with van der Waals surface area (Å²) in [4.78, 5) is 8.83. The highest BCUT2D eigenvalue weighted by atomic mass is 14.8. The van der Waals surface area contributed by atoms with Gasteiger partial charge in [-0.2, -0.15) is 0 Å². The lowest BCUT2D eigenvalue weighted by Crippen LogP contribution is -2.38. The lowest BCUT2D eigenvalue weighted by Gasteiger charge is -2.35. The smallest absolute Gasteiger partial charge is 0.0661 e. The van der Waals surface area contributed by atoms with E-state index in [1.54, 1.807) is 0 Å². The minimum Gasteiger partial charge on any atom is -0.330 e. The monoisotopic (exact) mass is 205 g/mol. The number of hydrogen-bond donors (Lipinski definition) is 1. The Morgan fingerprint density at radius 3 is 2.47 bits per heavy atom. The van der Waals surface area contributed by atoms with Crippen LogP contribution in [0.15, 0.2) is 12.4 Å². The molecule has 0 amide bonds. The lowest BCUT2D eigenvalue weighted by molar-refractivity contribution is 0.293. The van der Waals surface area contributed by atoms with Crippen LogP contribution in [-0.4, -0.2) is 16.5 Å². The van der Waals surface area contributed by atoms with Gasteiger partial charge in [-0.1, -0.05) is 19.3 Å². The molecule has 2 N–H and O–H groups in total. The van der Waals surface area contributed by atoms with Crippen molar-refractivity contribution in [3.05, 3.63) is 23.8 Å². The maximum atomic E-state index is 5.94. The second kappa shape index (κ2) is 4.27. The molecule has 0 saturated heterocycles. The quantitative estimate of drug-likeness (QED) is 0.802. The summed E-state index contributed by atoms with van der Waals surface area (Å²) >= 11 is 0. The molecular formula is C12H19N3. The van der Waals surface area contributed by atoms with Crippen LogP contribution in [-0.2, 0) is 5.41 Å².